The van der Waals surface area contributed by atoms with Gasteiger partial charge in [0.2, 0.25) is 5.89 Å². The van der Waals surface area contributed by atoms with Gasteiger partial charge in [-0.2, -0.15) is 0 Å². The lowest BCUT2D eigenvalue weighted by Crippen LogP contribution is -1.78. The SMILES string of the molecule is Cc1cc(O)cc2oc(-c3ccc(O)cc3)nc12. The van der Waals surface area contributed by atoms with Gasteiger partial charge in [0.05, 0.1) is 0 Å². The van der Waals surface area contributed by atoms with E-state index in [-0.39, 0.29) is 11.5 Å². The van der Waals surface area contributed by atoms with Crippen molar-refractivity contribution in [3.63, 3.8) is 0 Å². The molecule has 0 aliphatic heterocycles. The number of rotatable bonds is 1. The maximum absolute atomic E-state index is 9.51. The van der Waals surface area contributed by atoms with Crippen molar-refractivity contribution in [3.8, 4) is 23.0 Å². The zero-order valence-corrected chi connectivity index (χ0v) is 9.71. The summed E-state index contributed by atoms with van der Waals surface area (Å²) in [6.07, 6.45) is 0. The Morgan fingerprint density at radius 1 is 1.00 bits per heavy atom. The highest BCUT2D eigenvalue weighted by Gasteiger charge is 2.11. The zero-order valence-electron chi connectivity index (χ0n) is 9.71. The quantitative estimate of drug-likeness (QED) is 0.686. The number of benzene rings is 2. The first kappa shape index (κ1) is 10.7. The van der Waals surface area contributed by atoms with E-state index in [9.17, 15) is 10.2 Å². The van der Waals surface area contributed by atoms with Gasteiger partial charge in [-0.05, 0) is 42.8 Å². The summed E-state index contributed by atoms with van der Waals surface area (Å²) in [5.74, 6) is 0.829. The number of fused-ring (bicyclic) bond motifs is 1. The smallest absolute Gasteiger partial charge is 0.227 e. The molecule has 0 atom stereocenters. The summed E-state index contributed by atoms with van der Waals surface area (Å²) in [5.41, 5.74) is 2.92. The molecule has 18 heavy (non-hydrogen) atoms. The highest BCUT2D eigenvalue weighted by Crippen LogP contribution is 2.29. The first-order valence-electron chi connectivity index (χ1n) is 5.53. The molecule has 2 N–H and O–H groups in total. The molecule has 3 rings (SSSR count). The lowest BCUT2D eigenvalue weighted by molar-refractivity contribution is 0.474. The first-order chi connectivity index (χ1) is 8.63. The van der Waals surface area contributed by atoms with Crippen LogP contribution < -0.4 is 0 Å². The number of phenolic OH excluding ortho intramolecular Hbond substituents is 2. The molecule has 0 aliphatic rings. The van der Waals surface area contributed by atoms with Crippen molar-refractivity contribution in [3.05, 3.63) is 42.0 Å². The number of hydrogen-bond acceptors (Lipinski definition) is 4. The Labute approximate surface area is 103 Å². The van der Waals surface area contributed by atoms with Crippen molar-refractivity contribution in [1.29, 1.82) is 0 Å². The third kappa shape index (κ3) is 1.68. The summed E-state index contributed by atoms with van der Waals surface area (Å²) in [6.45, 7) is 1.87. The van der Waals surface area contributed by atoms with Crippen LogP contribution in [0.15, 0.2) is 40.8 Å². The summed E-state index contributed by atoms with van der Waals surface area (Å²) in [5, 5.41) is 18.7. The van der Waals surface area contributed by atoms with Gasteiger partial charge in [0.25, 0.3) is 0 Å². The lowest BCUT2D eigenvalue weighted by atomic mass is 10.2. The lowest BCUT2D eigenvalue weighted by Gasteiger charge is -1.94. The molecular formula is C14H11NO3. The molecule has 0 saturated carbocycles. The van der Waals surface area contributed by atoms with Crippen molar-refractivity contribution in [2.45, 2.75) is 6.92 Å². The van der Waals surface area contributed by atoms with Crippen molar-refractivity contribution >= 4 is 11.1 Å². The van der Waals surface area contributed by atoms with Crippen molar-refractivity contribution < 1.29 is 14.6 Å². The maximum atomic E-state index is 9.51. The molecular weight excluding hydrogens is 230 g/mol. The molecule has 0 fully saturated rings. The number of phenols is 2. The second-order valence-electron chi connectivity index (χ2n) is 4.18. The molecule has 0 spiro atoms. The molecule has 0 bridgehead atoms. The zero-order chi connectivity index (χ0) is 12.7. The van der Waals surface area contributed by atoms with Gasteiger partial charge in [0, 0.05) is 11.6 Å². The van der Waals surface area contributed by atoms with Crippen LogP contribution in [0.4, 0.5) is 0 Å². The molecule has 90 valence electrons. The molecule has 0 saturated heterocycles. The summed E-state index contributed by atoms with van der Waals surface area (Å²) in [7, 11) is 0. The van der Waals surface area contributed by atoms with E-state index >= 15 is 0 Å². The van der Waals surface area contributed by atoms with Crippen LogP contribution in [0.1, 0.15) is 5.56 Å². The molecule has 3 aromatic rings. The van der Waals surface area contributed by atoms with Crippen LogP contribution >= 0.6 is 0 Å². The predicted molar refractivity (Wildman–Crippen MR) is 67.5 cm³/mol. The maximum Gasteiger partial charge on any atom is 0.227 e. The number of aryl methyl sites for hydroxylation is 1. The Hall–Kier alpha value is -2.49. The van der Waals surface area contributed by atoms with E-state index in [1.54, 1.807) is 36.4 Å². The largest absolute Gasteiger partial charge is 0.508 e. The fourth-order valence-corrected chi connectivity index (χ4v) is 1.91. The van der Waals surface area contributed by atoms with Gasteiger partial charge < -0.3 is 14.6 Å². The summed E-state index contributed by atoms with van der Waals surface area (Å²) in [4.78, 5) is 4.39. The van der Waals surface area contributed by atoms with Crippen molar-refractivity contribution in [1.82, 2.24) is 4.98 Å². The van der Waals surface area contributed by atoms with Crippen molar-refractivity contribution in [2.24, 2.45) is 0 Å². The molecule has 1 aromatic heterocycles. The van der Waals surface area contributed by atoms with Gasteiger partial charge in [0.1, 0.15) is 17.0 Å². The van der Waals surface area contributed by atoms with Crippen LogP contribution in [-0.4, -0.2) is 15.2 Å². The van der Waals surface area contributed by atoms with Crippen LogP contribution in [0, 0.1) is 6.92 Å². The van der Waals surface area contributed by atoms with Crippen LogP contribution in [-0.2, 0) is 0 Å². The molecule has 2 aromatic carbocycles. The van der Waals surface area contributed by atoms with E-state index in [1.807, 2.05) is 6.92 Å². The van der Waals surface area contributed by atoms with Crippen LogP contribution in [0.3, 0.4) is 0 Å². The van der Waals surface area contributed by atoms with E-state index in [0.717, 1.165) is 16.6 Å². The molecule has 4 heteroatoms. The topological polar surface area (TPSA) is 66.5 Å². The molecule has 0 radical (unpaired) electrons. The highest BCUT2D eigenvalue weighted by molar-refractivity contribution is 5.81. The Morgan fingerprint density at radius 3 is 2.44 bits per heavy atom. The highest BCUT2D eigenvalue weighted by atomic mass is 16.3. The molecule has 0 unspecified atom stereocenters. The van der Waals surface area contributed by atoms with E-state index in [2.05, 4.69) is 4.98 Å². The average Bonchev–Trinajstić information content (AvgIpc) is 2.74. The van der Waals surface area contributed by atoms with Gasteiger partial charge in [-0.25, -0.2) is 4.98 Å². The van der Waals surface area contributed by atoms with Crippen LogP contribution in [0.25, 0.3) is 22.6 Å². The summed E-state index contributed by atoms with van der Waals surface area (Å²) >= 11 is 0. The Kier molecular flexibility index (Phi) is 2.23. The van der Waals surface area contributed by atoms with Gasteiger partial charge in [-0.3, -0.25) is 0 Å². The first-order valence-corrected chi connectivity index (χ1v) is 5.53. The second kappa shape index (κ2) is 3.77. The second-order valence-corrected chi connectivity index (χ2v) is 4.18. The third-order valence-corrected chi connectivity index (χ3v) is 2.78. The van der Waals surface area contributed by atoms with E-state index in [4.69, 9.17) is 4.42 Å². The van der Waals surface area contributed by atoms with Crippen LogP contribution in [0.5, 0.6) is 11.5 Å². The minimum atomic E-state index is 0.161. The molecule has 0 aliphatic carbocycles. The van der Waals surface area contributed by atoms with Gasteiger partial charge in [-0.1, -0.05) is 0 Å². The van der Waals surface area contributed by atoms with Gasteiger partial charge in [-0.15, -0.1) is 0 Å². The standard InChI is InChI=1S/C14H11NO3/c1-8-6-11(17)7-12-13(8)15-14(18-12)9-2-4-10(16)5-3-9/h2-7,16-17H,1H3. The third-order valence-electron chi connectivity index (χ3n) is 2.78. The van der Waals surface area contributed by atoms with Gasteiger partial charge in [0.15, 0.2) is 5.58 Å². The molecule has 0 amide bonds. The number of aromatic hydroxyl groups is 2. The summed E-state index contributed by atoms with van der Waals surface area (Å²) < 4.78 is 5.60. The summed E-state index contributed by atoms with van der Waals surface area (Å²) in [6, 6.07) is 9.80. The minimum absolute atomic E-state index is 0.161. The Balaban J connectivity index is 2.19. The molecule has 1 heterocycles. The number of hydrogen-bond donors (Lipinski definition) is 2. The number of oxazole rings is 1. The van der Waals surface area contributed by atoms with E-state index < -0.39 is 0 Å². The fourth-order valence-electron chi connectivity index (χ4n) is 1.91. The minimum Gasteiger partial charge on any atom is -0.508 e. The monoisotopic (exact) mass is 241 g/mol. The van der Waals surface area contributed by atoms with Gasteiger partial charge >= 0.3 is 0 Å². The molecule has 4 nitrogen and oxygen atoms in total. The fraction of sp³-hybridized carbons (Fsp3) is 0.0714. The number of aromatic nitrogens is 1. The Morgan fingerprint density at radius 2 is 1.72 bits per heavy atom. The Bertz CT molecular complexity index is 714. The van der Waals surface area contributed by atoms with E-state index in [1.165, 1.54) is 0 Å². The van der Waals surface area contributed by atoms with Crippen molar-refractivity contribution in [2.75, 3.05) is 0 Å². The van der Waals surface area contributed by atoms with E-state index in [0.29, 0.717) is 11.5 Å². The predicted octanol–water partition coefficient (Wildman–Crippen LogP) is 3.21. The number of nitrogens with zero attached hydrogens (tertiary/aromatic N) is 1. The normalized spacial score (nSPS) is 10.9. The average molecular weight is 241 g/mol. The van der Waals surface area contributed by atoms with Crippen LogP contribution in [0.2, 0.25) is 0 Å².